The Labute approximate surface area is 185 Å². The van der Waals surface area contributed by atoms with Gasteiger partial charge in [0, 0.05) is 31.9 Å². The Balaban J connectivity index is 1.37. The fraction of sp³-hybridized carbons (Fsp3) is 0.435. The fourth-order valence-corrected chi connectivity index (χ4v) is 3.43. The third kappa shape index (κ3) is 7.96. The number of anilines is 1. The van der Waals surface area contributed by atoms with Gasteiger partial charge in [-0.15, -0.1) is 13.2 Å². The highest BCUT2D eigenvalue weighted by molar-refractivity contribution is 5.89. The first-order valence-corrected chi connectivity index (χ1v) is 10.7. The molecule has 0 saturated carbocycles. The number of carbonyl (C=O) groups is 1. The van der Waals surface area contributed by atoms with E-state index in [4.69, 9.17) is 4.74 Å². The lowest BCUT2D eigenvalue weighted by molar-refractivity contribution is -0.274. The minimum atomic E-state index is -4.70. The van der Waals surface area contributed by atoms with Crippen LogP contribution in [0.2, 0.25) is 0 Å². The van der Waals surface area contributed by atoms with E-state index in [0.29, 0.717) is 18.8 Å². The maximum atomic E-state index is 12.2. The van der Waals surface area contributed by atoms with E-state index in [9.17, 15) is 18.0 Å². The van der Waals surface area contributed by atoms with Crippen LogP contribution in [0.3, 0.4) is 0 Å². The minimum absolute atomic E-state index is 0.0803. The Morgan fingerprint density at radius 2 is 1.69 bits per heavy atom. The number of hydrogen-bond donors (Lipinski definition) is 2. The predicted octanol–water partition coefficient (Wildman–Crippen LogP) is 4.81. The van der Waals surface area contributed by atoms with Crippen molar-refractivity contribution in [2.75, 3.05) is 31.5 Å². The summed E-state index contributed by atoms with van der Waals surface area (Å²) < 4.78 is 46.2. The van der Waals surface area contributed by atoms with E-state index in [-0.39, 0.29) is 17.9 Å². The van der Waals surface area contributed by atoms with Gasteiger partial charge in [0.05, 0.1) is 6.10 Å². The van der Waals surface area contributed by atoms with Crippen LogP contribution in [0, 0.1) is 0 Å². The number of ether oxygens (including phenoxy) is 2. The second kappa shape index (κ2) is 11.1. The van der Waals surface area contributed by atoms with E-state index < -0.39 is 6.36 Å². The lowest BCUT2D eigenvalue weighted by atomic mass is 10.1. The maximum absolute atomic E-state index is 12.2. The number of amides is 2. The summed E-state index contributed by atoms with van der Waals surface area (Å²) >= 11 is 0. The van der Waals surface area contributed by atoms with Crippen LogP contribution in [-0.4, -0.2) is 49.6 Å². The fourth-order valence-electron chi connectivity index (χ4n) is 3.43. The van der Waals surface area contributed by atoms with Gasteiger partial charge in [0.15, 0.2) is 0 Å². The molecule has 0 bridgehead atoms. The normalized spacial score (nSPS) is 15.2. The summed E-state index contributed by atoms with van der Waals surface area (Å²) in [6, 6.07) is 13.1. The molecule has 6 nitrogen and oxygen atoms in total. The number of nitrogens with zero attached hydrogens (tertiary/aromatic N) is 1. The Bertz CT molecular complexity index is 852. The number of piperazine rings is 1. The SMILES string of the molecule is CC(CCCc1ccc(NC(=O)N2CCNCC2)cc1)Oc1ccc(OC(F)(F)F)cc1. The highest BCUT2D eigenvalue weighted by atomic mass is 19.4. The number of hydrogen-bond acceptors (Lipinski definition) is 4. The zero-order valence-electron chi connectivity index (χ0n) is 18.0. The van der Waals surface area contributed by atoms with Gasteiger partial charge in [-0.1, -0.05) is 12.1 Å². The molecule has 1 fully saturated rings. The molecule has 1 atom stereocenters. The molecule has 0 spiro atoms. The summed E-state index contributed by atoms with van der Waals surface area (Å²) in [5, 5.41) is 6.14. The molecule has 0 aromatic heterocycles. The molecule has 0 aliphatic carbocycles. The van der Waals surface area contributed by atoms with E-state index in [1.54, 1.807) is 4.90 Å². The van der Waals surface area contributed by atoms with Crippen molar-refractivity contribution in [3.8, 4) is 11.5 Å². The van der Waals surface area contributed by atoms with E-state index in [1.165, 1.54) is 24.3 Å². The van der Waals surface area contributed by atoms with Gasteiger partial charge in [-0.25, -0.2) is 4.79 Å². The average Bonchev–Trinajstić information content (AvgIpc) is 2.76. The van der Waals surface area contributed by atoms with E-state index in [1.807, 2.05) is 31.2 Å². The molecule has 9 heteroatoms. The van der Waals surface area contributed by atoms with Gasteiger partial charge in [-0.05, 0) is 68.1 Å². The third-order valence-electron chi connectivity index (χ3n) is 5.08. The van der Waals surface area contributed by atoms with Crippen molar-refractivity contribution in [1.82, 2.24) is 10.2 Å². The van der Waals surface area contributed by atoms with Gasteiger partial charge in [0.2, 0.25) is 0 Å². The third-order valence-corrected chi connectivity index (χ3v) is 5.08. The Hall–Kier alpha value is -2.94. The molecular weight excluding hydrogens is 423 g/mol. The number of rotatable bonds is 8. The number of nitrogens with one attached hydrogen (secondary N) is 2. The van der Waals surface area contributed by atoms with Gasteiger partial charge < -0.3 is 25.0 Å². The lowest BCUT2D eigenvalue weighted by Crippen LogP contribution is -2.48. The van der Waals surface area contributed by atoms with E-state index in [2.05, 4.69) is 15.4 Å². The van der Waals surface area contributed by atoms with Crippen LogP contribution in [0.5, 0.6) is 11.5 Å². The molecule has 1 aliphatic heterocycles. The maximum Gasteiger partial charge on any atom is 0.573 e. The zero-order valence-corrected chi connectivity index (χ0v) is 18.0. The standard InChI is InChI=1S/C23H28F3N3O3/c1-17(31-20-9-11-21(12-10-20)32-23(24,25)26)3-2-4-18-5-7-19(8-6-18)28-22(30)29-15-13-27-14-16-29/h5-12,17,27H,2-4,13-16H2,1H3,(H,28,30). The van der Waals surface area contributed by atoms with Crippen molar-refractivity contribution < 1.29 is 27.4 Å². The van der Waals surface area contributed by atoms with Crippen molar-refractivity contribution in [3.63, 3.8) is 0 Å². The molecule has 1 aliphatic rings. The van der Waals surface area contributed by atoms with Crippen molar-refractivity contribution in [1.29, 1.82) is 0 Å². The summed E-state index contributed by atoms with van der Waals surface area (Å²) in [6.45, 7) is 4.96. The van der Waals surface area contributed by atoms with Gasteiger partial charge in [-0.3, -0.25) is 0 Å². The molecule has 2 amide bonds. The molecule has 3 rings (SSSR count). The van der Waals surface area contributed by atoms with Gasteiger partial charge in [0.1, 0.15) is 11.5 Å². The van der Waals surface area contributed by atoms with E-state index in [0.717, 1.165) is 43.6 Å². The summed E-state index contributed by atoms with van der Waals surface area (Å²) in [6.07, 6.45) is -2.24. The summed E-state index contributed by atoms with van der Waals surface area (Å²) in [5.41, 5.74) is 1.93. The highest BCUT2D eigenvalue weighted by Gasteiger charge is 2.31. The number of carbonyl (C=O) groups excluding carboxylic acids is 1. The monoisotopic (exact) mass is 451 g/mol. The second-order valence-electron chi connectivity index (χ2n) is 7.70. The Kier molecular flexibility index (Phi) is 8.21. The van der Waals surface area contributed by atoms with Crippen LogP contribution in [0.25, 0.3) is 0 Å². The number of halogens is 3. The van der Waals surface area contributed by atoms with Crippen LogP contribution >= 0.6 is 0 Å². The summed E-state index contributed by atoms with van der Waals surface area (Å²) in [7, 11) is 0. The minimum Gasteiger partial charge on any atom is -0.491 e. The van der Waals surface area contributed by atoms with Crippen LogP contribution < -0.4 is 20.1 Å². The largest absolute Gasteiger partial charge is 0.573 e. The first-order chi connectivity index (χ1) is 15.3. The van der Waals surface area contributed by atoms with Gasteiger partial charge in [-0.2, -0.15) is 0 Å². The van der Waals surface area contributed by atoms with Crippen molar-refractivity contribution in [2.24, 2.45) is 0 Å². The van der Waals surface area contributed by atoms with Crippen LogP contribution in [0.4, 0.5) is 23.7 Å². The van der Waals surface area contributed by atoms with E-state index >= 15 is 0 Å². The molecule has 2 aromatic rings. The second-order valence-corrected chi connectivity index (χ2v) is 7.70. The number of urea groups is 1. The molecule has 0 radical (unpaired) electrons. The predicted molar refractivity (Wildman–Crippen MR) is 116 cm³/mol. The topological polar surface area (TPSA) is 62.8 Å². The zero-order chi connectivity index (χ0) is 23.0. The smallest absolute Gasteiger partial charge is 0.491 e. The summed E-state index contributed by atoms with van der Waals surface area (Å²) in [5.74, 6) is 0.224. The highest BCUT2D eigenvalue weighted by Crippen LogP contribution is 2.25. The van der Waals surface area contributed by atoms with Crippen molar-refractivity contribution in [3.05, 3.63) is 54.1 Å². The molecule has 174 valence electrons. The Morgan fingerprint density at radius 3 is 2.31 bits per heavy atom. The molecule has 1 heterocycles. The number of aryl methyl sites for hydroxylation is 1. The average molecular weight is 451 g/mol. The van der Waals surface area contributed by atoms with Crippen LogP contribution in [-0.2, 0) is 6.42 Å². The van der Waals surface area contributed by atoms with Crippen molar-refractivity contribution in [2.45, 2.75) is 38.7 Å². The lowest BCUT2D eigenvalue weighted by Gasteiger charge is -2.27. The van der Waals surface area contributed by atoms with Crippen LogP contribution in [0.15, 0.2) is 48.5 Å². The number of alkyl halides is 3. The first kappa shape index (κ1) is 23.7. The van der Waals surface area contributed by atoms with Gasteiger partial charge >= 0.3 is 12.4 Å². The quantitative estimate of drug-likeness (QED) is 0.605. The summed E-state index contributed by atoms with van der Waals surface area (Å²) in [4.78, 5) is 14.0. The number of benzene rings is 2. The molecular formula is C23H28F3N3O3. The molecule has 2 N–H and O–H groups in total. The molecule has 1 saturated heterocycles. The van der Waals surface area contributed by atoms with Gasteiger partial charge in [0.25, 0.3) is 0 Å². The molecule has 1 unspecified atom stereocenters. The molecule has 32 heavy (non-hydrogen) atoms. The van der Waals surface area contributed by atoms with Crippen LogP contribution in [0.1, 0.15) is 25.3 Å². The Morgan fingerprint density at radius 1 is 1.06 bits per heavy atom. The first-order valence-electron chi connectivity index (χ1n) is 10.7. The molecule has 2 aromatic carbocycles. The van der Waals surface area contributed by atoms with Crippen molar-refractivity contribution >= 4 is 11.7 Å².